The average molecular weight is 687 g/mol. The first kappa shape index (κ1) is 40.2. The van der Waals surface area contributed by atoms with E-state index in [2.05, 4.69) is 21.3 Å². The number of aliphatic carboxylic acids is 1. The number of carbonyl (C=O) groups is 6. The van der Waals surface area contributed by atoms with E-state index in [1.807, 2.05) is 12.3 Å². The van der Waals surface area contributed by atoms with Crippen LogP contribution in [0.25, 0.3) is 0 Å². The number of primary amides is 1. The third-order valence-corrected chi connectivity index (χ3v) is 6.69. The third-order valence-electron chi connectivity index (χ3n) is 6.05. The number of thioether (sulfide) groups is 1. The van der Waals surface area contributed by atoms with Crippen molar-refractivity contribution in [1.29, 1.82) is 0 Å². The summed E-state index contributed by atoms with van der Waals surface area (Å²) in [6.07, 6.45) is -2.52. The fraction of sp³-hybridized carbons (Fsp3) is 0.379. The molecule has 3 atom stereocenters. The number of nitrogens with one attached hydrogen (secondary N) is 4. The predicted octanol–water partition coefficient (Wildman–Crippen LogP) is -0.422. The molecule has 0 aliphatic heterocycles. The highest BCUT2D eigenvalue weighted by Gasteiger charge is 2.38. The van der Waals surface area contributed by atoms with Crippen molar-refractivity contribution in [2.75, 3.05) is 25.1 Å². The third kappa shape index (κ3) is 16.9. The van der Waals surface area contributed by atoms with E-state index in [0.717, 1.165) is 11.1 Å². The van der Waals surface area contributed by atoms with Gasteiger partial charge in [-0.15, -0.1) is 0 Å². The number of hydrogen-bond acceptors (Lipinski definition) is 9. The van der Waals surface area contributed by atoms with E-state index in [0.29, 0.717) is 12.2 Å². The number of rotatable bonds is 16. The van der Waals surface area contributed by atoms with Crippen LogP contribution in [-0.2, 0) is 41.6 Å². The van der Waals surface area contributed by atoms with Gasteiger partial charge in [-0.3, -0.25) is 24.0 Å². The molecule has 0 aliphatic carbocycles. The monoisotopic (exact) mass is 686 g/mol. The molecule has 0 saturated carbocycles. The van der Waals surface area contributed by atoms with Crippen molar-refractivity contribution >= 4 is 47.3 Å². The first-order valence-electron chi connectivity index (χ1n) is 13.8. The molecule has 0 aromatic heterocycles. The molecule has 0 aliphatic rings. The molecular formula is C29H37F3N6O8S. The van der Waals surface area contributed by atoms with Gasteiger partial charge < -0.3 is 42.9 Å². The van der Waals surface area contributed by atoms with E-state index in [1.54, 1.807) is 36.4 Å². The van der Waals surface area contributed by atoms with Crippen molar-refractivity contribution in [2.24, 2.45) is 11.5 Å². The van der Waals surface area contributed by atoms with Gasteiger partial charge in [0.15, 0.2) is 0 Å². The number of carbonyl (C=O) groups excluding carboxylic acids is 5. The molecule has 10 N–H and O–H groups in total. The molecule has 0 radical (unpaired) electrons. The molecule has 0 spiro atoms. The lowest BCUT2D eigenvalue weighted by Crippen LogP contribution is -2.55. The van der Waals surface area contributed by atoms with Crippen LogP contribution >= 0.6 is 11.8 Å². The zero-order chi connectivity index (χ0) is 35.6. The summed E-state index contributed by atoms with van der Waals surface area (Å²) in [6.45, 7) is -0.850. The Hall–Kier alpha value is -4.84. The van der Waals surface area contributed by atoms with Gasteiger partial charge in [-0.2, -0.15) is 24.9 Å². The van der Waals surface area contributed by atoms with Crippen molar-refractivity contribution in [2.45, 2.75) is 43.6 Å². The van der Waals surface area contributed by atoms with E-state index in [9.17, 15) is 42.3 Å². The Bertz CT molecular complexity index is 1350. The first-order chi connectivity index (χ1) is 22.0. The van der Waals surface area contributed by atoms with Crippen molar-refractivity contribution in [3.8, 4) is 5.75 Å². The molecule has 18 heteroatoms. The fourth-order valence-electron chi connectivity index (χ4n) is 3.62. The second-order valence-electron chi connectivity index (χ2n) is 9.83. The average Bonchev–Trinajstić information content (AvgIpc) is 3.01. The Labute approximate surface area is 272 Å². The number of hydrogen-bond donors (Lipinski definition) is 8. The molecule has 2 aromatic carbocycles. The Morgan fingerprint density at radius 2 is 1.36 bits per heavy atom. The highest BCUT2D eigenvalue weighted by molar-refractivity contribution is 7.98. The van der Waals surface area contributed by atoms with Gasteiger partial charge in [0.05, 0.1) is 19.1 Å². The standard InChI is InChI=1S/C27H36N6O6S.C2HF3O2/c1-40-12-11-21(25(29)37)33-27(39)22(14-17-5-3-2-4-6-17)32-24(36)16-30-23(35)15-31-26(38)20(28)13-18-7-9-19(34)10-8-18;3-2(4,5)1(6)7/h2-10,20-22,34H,11-16,28H2,1H3,(H2,29,37)(H,30,35)(H,31,38)(H,32,36)(H,33,39);(H,6,7). The Kier molecular flexibility index (Phi) is 17.4. The summed E-state index contributed by atoms with van der Waals surface area (Å²) in [5, 5.41) is 26.5. The van der Waals surface area contributed by atoms with Gasteiger partial charge in [-0.05, 0) is 48.1 Å². The molecule has 0 bridgehead atoms. The van der Waals surface area contributed by atoms with Gasteiger partial charge in [0.1, 0.15) is 17.8 Å². The van der Waals surface area contributed by atoms with Gasteiger partial charge >= 0.3 is 12.1 Å². The lowest BCUT2D eigenvalue weighted by atomic mass is 10.0. The Morgan fingerprint density at radius 3 is 1.89 bits per heavy atom. The molecule has 2 rings (SSSR count). The fourth-order valence-corrected chi connectivity index (χ4v) is 4.09. The molecular weight excluding hydrogens is 649 g/mol. The number of halogens is 3. The molecule has 0 fully saturated rings. The lowest BCUT2D eigenvalue weighted by Gasteiger charge is -2.22. The molecule has 3 unspecified atom stereocenters. The van der Waals surface area contributed by atoms with Gasteiger partial charge in [0, 0.05) is 6.42 Å². The summed E-state index contributed by atoms with van der Waals surface area (Å²) in [4.78, 5) is 70.7. The number of alkyl halides is 3. The summed E-state index contributed by atoms with van der Waals surface area (Å²) < 4.78 is 31.7. The first-order valence-corrected chi connectivity index (χ1v) is 15.2. The number of phenols is 1. The second kappa shape index (κ2) is 20.3. The van der Waals surface area contributed by atoms with Crippen LogP contribution in [0.1, 0.15) is 17.5 Å². The van der Waals surface area contributed by atoms with Crippen molar-refractivity contribution in [1.82, 2.24) is 21.3 Å². The van der Waals surface area contributed by atoms with Crippen molar-refractivity contribution < 1.29 is 52.2 Å². The summed E-state index contributed by atoms with van der Waals surface area (Å²) >= 11 is 1.50. The minimum Gasteiger partial charge on any atom is -0.508 e. The summed E-state index contributed by atoms with van der Waals surface area (Å²) in [5.41, 5.74) is 12.8. The molecule has 47 heavy (non-hydrogen) atoms. The van der Waals surface area contributed by atoms with Crippen LogP contribution in [0.3, 0.4) is 0 Å². The zero-order valence-electron chi connectivity index (χ0n) is 25.2. The van der Waals surface area contributed by atoms with Crippen LogP contribution in [0.2, 0.25) is 0 Å². The van der Waals surface area contributed by atoms with Gasteiger partial charge in [-0.1, -0.05) is 42.5 Å². The maximum Gasteiger partial charge on any atom is 0.490 e. The van der Waals surface area contributed by atoms with Gasteiger partial charge in [0.2, 0.25) is 29.5 Å². The molecule has 14 nitrogen and oxygen atoms in total. The van der Waals surface area contributed by atoms with Crippen molar-refractivity contribution in [3.05, 3.63) is 65.7 Å². The molecule has 0 saturated heterocycles. The number of phenolic OH excluding ortho intramolecular Hbond substituents is 1. The van der Waals surface area contributed by atoms with Crippen LogP contribution in [-0.4, -0.2) is 95.1 Å². The van der Waals surface area contributed by atoms with E-state index >= 15 is 0 Å². The molecule has 5 amide bonds. The highest BCUT2D eigenvalue weighted by atomic mass is 32.2. The molecule has 258 valence electrons. The number of benzene rings is 2. The van der Waals surface area contributed by atoms with Crippen LogP contribution in [0, 0.1) is 0 Å². The molecule has 0 heterocycles. The van der Waals surface area contributed by atoms with Crippen LogP contribution < -0.4 is 32.7 Å². The van der Waals surface area contributed by atoms with E-state index < -0.39 is 72.9 Å². The highest BCUT2D eigenvalue weighted by Crippen LogP contribution is 2.13. The maximum atomic E-state index is 13.0. The Morgan fingerprint density at radius 1 is 0.809 bits per heavy atom. The number of carboxylic acids is 1. The Balaban J connectivity index is 0.00000141. The number of carboxylic acid groups (broad SMARTS) is 1. The van der Waals surface area contributed by atoms with Gasteiger partial charge in [-0.25, -0.2) is 4.79 Å². The topological polar surface area (TPSA) is 243 Å². The summed E-state index contributed by atoms with van der Waals surface area (Å²) in [6, 6.07) is 12.4. The second-order valence-corrected chi connectivity index (χ2v) is 10.8. The van der Waals surface area contributed by atoms with Gasteiger partial charge in [0.25, 0.3) is 0 Å². The minimum atomic E-state index is -5.08. The number of aromatic hydroxyl groups is 1. The largest absolute Gasteiger partial charge is 0.508 e. The SMILES string of the molecule is CSCCC(NC(=O)C(Cc1ccccc1)NC(=O)CNC(=O)CNC(=O)C(N)Cc1ccc(O)cc1)C(N)=O.O=C(O)C(F)(F)F. The predicted molar refractivity (Wildman–Crippen MR) is 166 cm³/mol. The quantitative estimate of drug-likeness (QED) is 0.113. The van der Waals surface area contributed by atoms with Crippen LogP contribution in [0.4, 0.5) is 13.2 Å². The smallest absolute Gasteiger partial charge is 0.490 e. The van der Waals surface area contributed by atoms with Crippen molar-refractivity contribution in [3.63, 3.8) is 0 Å². The van der Waals surface area contributed by atoms with E-state index in [-0.39, 0.29) is 18.6 Å². The zero-order valence-corrected chi connectivity index (χ0v) is 26.0. The van der Waals surface area contributed by atoms with E-state index in [4.69, 9.17) is 21.4 Å². The summed E-state index contributed by atoms with van der Waals surface area (Å²) in [7, 11) is 0. The summed E-state index contributed by atoms with van der Waals surface area (Å²) in [5.74, 6) is -5.14. The lowest BCUT2D eigenvalue weighted by molar-refractivity contribution is -0.192. The number of nitrogens with two attached hydrogens (primary N) is 2. The van der Waals surface area contributed by atoms with E-state index in [1.165, 1.54) is 23.9 Å². The molecule has 2 aromatic rings. The van der Waals surface area contributed by atoms with Crippen LogP contribution in [0.5, 0.6) is 5.75 Å². The minimum absolute atomic E-state index is 0.0931. The maximum absolute atomic E-state index is 13.0. The number of amides is 5. The van der Waals surface area contributed by atoms with Crippen LogP contribution in [0.15, 0.2) is 54.6 Å². The normalized spacial score (nSPS) is 12.6.